The fourth-order valence-electron chi connectivity index (χ4n) is 2.27. The molecule has 1 heterocycles. The number of nitrogens with zero attached hydrogens (tertiary/aromatic N) is 2. The van der Waals surface area contributed by atoms with Crippen LogP contribution in [0, 0.1) is 0 Å². The molecule has 0 bridgehead atoms. The Morgan fingerprint density at radius 2 is 1.40 bits per heavy atom. The van der Waals surface area contributed by atoms with Gasteiger partial charge in [-0.05, 0) is 25.7 Å². The number of carbonyl (C=O) groups is 2. The summed E-state index contributed by atoms with van der Waals surface area (Å²) < 4.78 is 0. The van der Waals surface area contributed by atoms with Gasteiger partial charge in [-0.2, -0.15) is 0 Å². The smallest absolute Gasteiger partial charge is 0.267 e. The van der Waals surface area contributed by atoms with Crippen LogP contribution in [0.5, 0.6) is 0 Å². The molecule has 0 saturated heterocycles. The standard InChI is InChI=1S/C11H16N2O2/c1-12(2)13-10(14)8-6-4-3-5-7-9(8)11(13)15/h3-7H2,1-2H3. The highest BCUT2D eigenvalue weighted by Crippen LogP contribution is 2.31. The first-order valence-electron chi connectivity index (χ1n) is 5.41. The molecule has 0 saturated carbocycles. The molecule has 0 aromatic rings. The van der Waals surface area contributed by atoms with Crippen LogP contribution in [-0.4, -0.2) is 35.9 Å². The van der Waals surface area contributed by atoms with E-state index in [2.05, 4.69) is 0 Å². The maximum atomic E-state index is 11.9. The Labute approximate surface area is 89.5 Å². The van der Waals surface area contributed by atoms with Gasteiger partial charge in [-0.1, -0.05) is 6.42 Å². The maximum absolute atomic E-state index is 11.9. The monoisotopic (exact) mass is 208 g/mol. The van der Waals surface area contributed by atoms with Crippen LogP contribution in [0.2, 0.25) is 0 Å². The van der Waals surface area contributed by atoms with Crippen LogP contribution >= 0.6 is 0 Å². The van der Waals surface area contributed by atoms with Crippen LogP contribution in [0.25, 0.3) is 0 Å². The summed E-state index contributed by atoms with van der Waals surface area (Å²) in [5.41, 5.74) is 1.51. The molecule has 0 atom stereocenters. The Balaban J connectivity index is 2.32. The molecule has 4 nitrogen and oxygen atoms in total. The molecule has 0 spiro atoms. The summed E-state index contributed by atoms with van der Waals surface area (Å²) in [5, 5.41) is 2.81. The van der Waals surface area contributed by atoms with Crippen LogP contribution in [0.15, 0.2) is 11.1 Å². The molecule has 82 valence electrons. The predicted octanol–water partition coefficient (Wildman–Crippen LogP) is 1.09. The van der Waals surface area contributed by atoms with Crippen LogP contribution < -0.4 is 0 Å². The van der Waals surface area contributed by atoms with E-state index >= 15 is 0 Å². The van der Waals surface area contributed by atoms with Crippen molar-refractivity contribution < 1.29 is 9.59 Å². The zero-order valence-corrected chi connectivity index (χ0v) is 9.25. The molecular formula is C11H16N2O2. The van der Waals surface area contributed by atoms with E-state index < -0.39 is 0 Å². The van der Waals surface area contributed by atoms with E-state index in [4.69, 9.17) is 0 Å². The molecule has 2 rings (SSSR count). The molecule has 1 aliphatic carbocycles. The molecule has 0 fully saturated rings. The highest BCUT2D eigenvalue weighted by molar-refractivity contribution is 6.18. The van der Waals surface area contributed by atoms with E-state index in [1.165, 1.54) is 5.01 Å². The summed E-state index contributed by atoms with van der Waals surface area (Å²) in [4.78, 5) is 23.9. The SMILES string of the molecule is CN(C)N1C(=O)C2=C(CCCCC2)C1=O. The minimum Gasteiger partial charge on any atom is -0.267 e. The zero-order valence-electron chi connectivity index (χ0n) is 9.25. The van der Waals surface area contributed by atoms with Crippen molar-refractivity contribution in [1.82, 2.24) is 10.0 Å². The first-order valence-corrected chi connectivity index (χ1v) is 5.41. The average molecular weight is 208 g/mol. The summed E-state index contributed by atoms with van der Waals surface area (Å²) in [5.74, 6) is -0.219. The minimum atomic E-state index is -0.109. The van der Waals surface area contributed by atoms with Crippen molar-refractivity contribution in [3.05, 3.63) is 11.1 Å². The lowest BCUT2D eigenvalue weighted by Gasteiger charge is -2.22. The second-order valence-electron chi connectivity index (χ2n) is 4.29. The van der Waals surface area contributed by atoms with Gasteiger partial charge >= 0.3 is 0 Å². The maximum Gasteiger partial charge on any atom is 0.271 e. The first-order chi connectivity index (χ1) is 7.13. The largest absolute Gasteiger partial charge is 0.271 e. The summed E-state index contributed by atoms with van der Waals surface area (Å²) >= 11 is 0. The van der Waals surface area contributed by atoms with Crippen LogP contribution in [0.3, 0.4) is 0 Å². The number of hydrogen-bond donors (Lipinski definition) is 0. The highest BCUT2D eigenvalue weighted by Gasteiger charge is 2.39. The molecule has 15 heavy (non-hydrogen) atoms. The van der Waals surface area contributed by atoms with Crippen molar-refractivity contribution in [3.63, 3.8) is 0 Å². The van der Waals surface area contributed by atoms with Gasteiger partial charge in [-0.15, -0.1) is 0 Å². The van der Waals surface area contributed by atoms with Gasteiger partial charge in [0.05, 0.1) is 0 Å². The number of imide groups is 1. The summed E-state index contributed by atoms with van der Waals surface area (Å²) in [6.45, 7) is 0. The normalized spacial score (nSPS) is 22.5. The Morgan fingerprint density at radius 1 is 0.933 bits per heavy atom. The molecule has 0 aromatic heterocycles. The molecule has 0 aromatic carbocycles. The van der Waals surface area contributed by atoms with E-state index in [0.29, 0.717) is 0 Å². The number of amides is 2. The number of hydrogen-bond acceptors (Lipinski definition) is 3. The van der Waals surface area contributed by atoms with E-state index in [1.54, 1.807) is 19.1 Å². The summed E-state index contributed by atoms with van der Waals surface area (Å²) in [6, 6.07) is 0. The molecule has 0 unspecified atom stereocenters. The van der Waals surface area contributed by atoms with Crippen molar-refractivity contribution in [1.29, 1.82) is 0 Å². The lowest BCUT2D eigenvalue weighted by Crippen LogP contribution is -2.42. The van der Waals surface area contributed by atoms with Gasteiger partial charge in [0.25, 0.3) is 11.8 Å². The molecule has 2 amide bonds. The minimum absolute atomic E-state index is 0.109. The third-order valence-electron chi connectivity index (χ3n) is 3.02. The lowest BCUT2D eigenvalue weighted by molar-refractivity contribution is -0.152. The fraction of sp³-hybridized carbons (Fsp3) is 0.636. The Hall–Kier alpha value is -1.16. The third kappa shape index (κ3) is 1.59. The second-order valence-corrected chi connectivity index (χ2v) is 4.29. The predicted molar refractivity (Wildman–Crippen MR) is 55.7 cm³/mol. The van der Waals surface area contributed by atoms with E-state index in [9.17, 15) is 9.59 Å². The van der Waals surface area contributed by atoms with E-state index in [1.807, 2.05) is 0 Å². The van der Waals surface area contributed by atoms with Crippen molar-refractivity contribution in [2.45, 2.75) is 32.1 Å². The van der Waals surface area contributed by atoms with Crippen molar-refractivity contribution in [2.24, 2.45) is 0 Å². The fourth-order valence-corrected chi connectivity index (χ4v) is 2.27. The van der Waals surface area contributed by atoms with Gasteiger partial charge in [0.15, 0.2) is 0 Å². The van der Waals surface area contributed by atoms with Gasteiger partial charge in [0.2, 0.25) is 0 Å². The zero-order chi connectivity index (χ0) is 11.0. The highest BCUT2D eigenvalue weighted by atomic mass is 16.2. The number of hydrazine groups is 1. The molecule has 4 heteroatoms. The van der Waals surface area contributed by atoms with E-state index in [-0.39, 0.29) is 11.8 Å². The molecule has 2 aliphatic rings. The Kier molecular flexibility index (Phi) is 2.61. The first kappa shape index (κ1) is 10.4. The second kappa shape index (κ2) is 3.77. The third-order valence-corrected chi connectivity index (χ3v) is 3.02. The summed E-state index contributed by atoms with van der Waals surface area (Å²) in [6.07, 6.45) is 4.71. The van der Waals surface area contributed by atoms with Gasteiger partial charge in [0, 0.05) is 25.2 Å². The van der Waals surface area contributed by atoms with E-state index in [0.717, 1.165) is 43.3 Å². The van der Waals surface area contributed by atoms with Gasteiger partial charge in [-0.3, -0.25) is 9.59 Å². The van der Waals surface area contributed by atoms with Gasteiger partial charge in [0.1, 0.15) is 0 Å². The van der Waals surface area contributed by atoms with Crippen molar-refractivity contribution >= 4 is 11.8 Å². The van der Waals surface area contributed by atoms with Crippen molar-refractivity contribution in [3.8, 4) is 0 Å². The Bertz CT molecular complexity index is 316. The quantitative estimate of drug-likeness (QED) is 0.606. The van der Waals surface area contributed by atoms with Gasteiger partial charge in [-0.25, -0.2) is 10.0 Å². The number of carbonyl (C=O) groups excluding carboxylic acids is 2. The average Bonchev–Trinajstić information content (AvgIpc) is 2.40. The van der Waals surface area contributed by atoms with Crippen LogP contribution in [0.4, 0.5) is 0 Å². The lowest BCUT2D eigenvalue weighted by atomic mass is 10.1. The van der Waals surface area contributed by atoms with Gasteiger partial charge < -0.3 is 0 Å². The number of rotatable bonds is 1. The molecule has 0 radical (unpaired) electrons. The van der Waals surface area contributed by atoms with Crippen LogP contribution in [-0.2, 0) is 9.59 Å². The topological polar surface area (TPSA) is 40.6 Å². The van der Waals surface area contributed by atoms with Crippen LogP contribution in [0.1, 0.15) is 32.1 Å². The summed E-state index contributed by atoms with van der Waals surface area (Å²) in [7, 11) is 3.45. The Morgan fingerprint density at radius 3 is 1.80 bits per heavy atom. The molecule has 0 N–H and O–H groups in total. The molecular weight excluding hydrogens is 192 g/mol. The van der Waals surface area contributed by atoms with Crippen molar-refractivity contribution in [2.75, 3.05) is 14.1 Å². The molecule has 1 aliphatic heterocycles.